The fourth-order valence-corrected chi connectivity index (χ4v) is 1.54. The van der Waals surface area contributed by atoms with E-state index in [-0.39, 0.29) is 5.38 Å². The standard InChI is InChI=1S/C7H10ClFO/c8-6-2-1-5(4-10)7(9)3-6/h4-7H,1-3H2/t5?,6-,7-/m1/s1. The Morgan fingerprint density at radius 2 is 2.20 bits per heavy atom. The molecule has 0 amide bonds. The van der Waals surface area contributed by atoms with Crippen LogP contribution in [0.15, 0.2) is 0 Å². The van der Waals surface area contributed by atoms with Gasteiger partial charge in [-0.3, -0.25) is 0 Å². The molecule has 0 bridgehead atoms. The molecule has 10 heavy (non-hydrogen) atoms. The normalized spacial score (nSPS) is 41.2. The van der Waals surface area contributed by atoms with E-state index in [4.69, 9.17) is 11.6 Å². The molecular weight excluding hydrogens is 155 g/mol. The van der Waals surface area contributed by atoms with E-state index < -0.39 is 12.1 Å². The quantitative estimate of drug-likeness (QED) is 0.428. The van der Waals surface area contributed by atoms with Gasteiger partial charge in [-0.05, 0) is 19.3 Å². The summed E-state index contributed by atoms with van der Waals surface area (Å²) < 4.78 is 12.8. The molecule has 1 aliphatic carbocycles. The molecule has 58 valence electrons. The summed E-state index contributed by atoms with van der Waals surface area (Å²) in [5.74, 6) is -0.394. The Kier molecular flexibility index (Phi) is 2.66. The molecule has 1 unspecified atom stereocenters. The summed E-state index contributed by atoms with van der Waals surface area (Å²) in [5, 5.41) is -0.0637. The largest absolute Gasteiger partial charge is 0.303 e. The van der Waals surface area contributed by atoms with Crippen LogP contribution in [0.5, 0.6) is 0 Å². The maximum absolute atomic E-state index is 12.8. The van der Waals surface area contributed by atoms with Crippen LogP contribution in [-0.4, -0.2) is 17.8 Å². The van der Waals surface area contributed by atoms with Gasteiger partial charge in [0.15, 0.2) is 0 Å². The van der Waals surface area contributed by atoms with Crippen LogP contribution in [0.3, 0.4) is 0 Å². The molecule has 0 aliphatic heterocycles. The molecule has 1 fully saturated rings. The van der Waals surface area contributed by atoms with Crippen molar-refractivity contribution in [1.29, 1.82) is 0 Å². The third kappa shape index (κ3) is 1.69. The summed E-state index contributed by atoms with van der Waals surface area (Å²) in [6, 6.07) is 0. The first-order valence-electron chi connectivity index (χ1n) is 3.47. The van der Waals surface area contributed by atoms with Crippen LogP contribution < -0.4 is 0 Å². The van der Waals surface area contributed by atoms with Gasteiger partial charge in [-0.1, -0.05) is 0 Å². The number of aldehydes is 1. The van der Waals surface area contributed by atoms with Crippen molar-refractivity contribution in [3.8, 4) is 0 Å². The summed E-state index contributed by atoms with van der Waals surface area (Å²) in [6.07, 6.45) is 1.41. The summed E-state index contributed by atoms with van der Waals surface area (Å²) >= 11 is 5.68. The molecule has 0 aromatic carbocycles. The molecule has 0 saturated heterocycles. The Morgan fingerprint density at radius 3 is 2.70 bits per heavy atom. The second kappa shape index (κ2) is 3.33. The summed E-state index contributed by atoms with van der Waals surface area (Å²) in [5.41, 5.74) is 0. The number of rotatable bonds is 1. The highest BCUT2D eigenvalue weighted by molar-refractivity contribution is 6.20. The molecule has 3 atom stereocenters. The molecule has 0 heterocycles. The maximum Gasteiger partial charge on any atom is 0.125 e. The van der Waals surface area contributed by atoms with Gasteiger partial charge < -0.3 is 4.79 Å². The van der Waals surface area contributed by atoms with E-state index in [1.165, 1.54) is 0 Å². The van der Waals surface area contributed by atoms with E-state index in [1.54, 1.807) is 0 Å². The van der Waals surface area contributed by atoms with Gasteiger partial charge in [0, 0.05) is 11.3 Å². The lowest BCUT2D eigenvalue weighted by Crippen LogP contribution is -2.27. The lowest BCUT2D eigenvalue weighted by Gasteiger charge is -2.24. The number of hydrogen-bond acceptors (Lipinski definition) is 1. The zero-order valence-electron chi connectivity index (χ0n) is 5.59. The minimum atomic E-state index is -1.01. The van der Waals surface area contributed by atoms with Crippen LogP contribution in [0.1, 0.15) is 19.3 Å². The van der Waals surface area contributed by atoms with Crippen molar-refractivity contribution >= 4 is 17.9 Å². The Labute approximate surface area is 64.6 Å². The van der Waals surface area contributed by atoms with E-state index in [2.05, 4.69) is 0 Å². The van der Waals surface area contributed by atoms with Crippen molar-refractivity contribution in [3.63, 3.8) is 0 Å². The van der Waals surface area contributed by atoms with Gasteiger partial charge in [-0.2, -0.15) is 0 Å². The van der Waals surface area contributed by atoms with Crippen LogP contribution in [0.25, 0.3) is 0 Å². The Bertz CT molecular complexity index is 129. The molecule has 1 saturated carbocycles. The number of halogens is 2. The Balaban J connectivity index is 2.43. The van der Waals surface area contributed by atoms with Gasteiger partial charge in [0.25, 0.3) is 0 Å². The van der Waals surface area contributed by atoms with Crippen LogP contribution >= 0.6 is 11.6 Å². The first kappa shape index (κ1) is 7.99. The molecule has 0 radical (unpaired) electrons. The minimum Gasteiger partial charge on any atom is -0.303 e. The molecule has 0 N–H and O–H groups in total. The van der Waals surface area contributed by atoms with E-state index in [0.29, 0.717) is 19.1 Å². The van der Waals surface area contributed by atoms with Crippen LogP contribution in [-0.2, 0) is 4.79 Å². The SMILES string of the molecule is O=CC1CC[C@@H](Cl)C[C@H]1F. The Hall–Kier alpha value is -0.110. The smallest absolute Gasteiger partial charge is 0.125 e. The summed E-state index contributed by atoms with van der Waals surface area (Å²) in [6.45, 7) is 0. The van der Waals surface area contributed by atoms with Crippen LogP contribution in [0, 0.1) is 5.92 Å². The van der Waals surface area contributed by atoms with Crippen molar-refractivity contribution in [2.24, 2.45) is 5.92 Å². The second-order valence-electron chi connectivity index (χ2n) is 2.73. The third-order valence-corrected chi connectivity index (χ3v) is 2.33. The van der Waals surface area contributed by atoms with Crippen molar-refractivity contribution in [2.45, 2.75) is 30.8 Å². The van der Waals surface area contributed by atoms with E-state index >= 15 is 0 Å². The highest BCUT2D eigenvalue weighted by Gasteiger charge is 2.28. The van der Waals surface area contributed by atoms with Gasteiger partial charge in [0.2, 0.25) is 0 Å². The lowest BCUT2D eigenvalue weighted by atomic mass is 9.88. The first-order valence-corrected chi connectivity index (χ1v) is 3.91. The predicted octanol–water partition coefficient (Wildman–Crippen LogP) is 1.93. The molecule has 1 nitrogen and oxygen atoms in total. The summed E-state index contributed by atoms with van der Waals surface area (Å²) in [7, 11) is 0. The first-order chi connectivity index (χ1) is 4.74. The lowest BCUT2D eigenvalue weighted by molar-refractivity contribution is -0.113. The average molecular weight is 165 g/mol. The van der Waals surface area contributed by atoms with Gasteiger partial charge in [-0.15, -0.1) is 11.6 Å². The predicted molar refractivity (Wildman–Crippen MR) is 37.9 cm³/mol. The maximum atomic E-state index is 12.8. The van der Waals surface area contributed by atoms with Gasteiger partial charge in [0.1, 0.15) is 12.5 Å². The number of alkyl halides is 2. The molecule has 1 rings (SSSR count). The number of carbonyl (C=O) groups is 1. The Morgan fingerprint density at radius 1 is 1.50 bits per heavy atom. The molecule has 3 heteroatoms. The molecule has 1 aliphatic rings. The van der Waals surface area contributed by atoms with Gasteiger partial charge >= 0.3 is 0 Å². The van der Waals surface area contributed by atoms with E-state index in [9.17, 15) is 9.18 Å². The summed E-state index contributed by atoms with van der Waals surface area (Å²) in [4.78, 5) is 10.2. The molecular formula is C7H10ClFO. The van der Waals surface area contributed by atoms with Crippen molar-refractivity contribution in [1.82, 2.24) is 0 Å². The molecule has 0 aromatic rings. The highest BCUT2D eigenvalue weighted by Crippen LogP contribution is 2.28. The second-order valence-corrected chi connectivity index (χ2v) is 3.34. The van der Waals surface area contributed by atoms with Gasteiger partial charge in [0.05, 0.1) is 0 Å². The zero-order valence-corrected chi connectivity index (χ0v) is 6.35. The number of hydrogen-bond donors (Lipinski definition) is 0. The van der Waals surface area contributed by atoms with E-state index in [1.807, 2.05) is 0 Å². The van der Waals surface area contributed by atoms with Crippen molar-refractivity contribution in [3.05, 3.63) is 0 Å². The van der Waals surface area contributed by atoms with Crippen molar-refractivity contribution < 1.29 is 9.18 Å². The zero-order chi connectivity index (χ0) is 7.56. The van der Waals surface area contributed by atoms with Gasteiger partial charge in [-0.25, -0.2) is 4.39 Å². The fraction of sp³-hybridized carbons (Fsp3) is 0.857. The van der Waals surface area contributed by atoms with Crippen molar-refractivity contribution in [2.75, 3.05) is 0 Å². The molecule has 0 aromatic heterocycles. The monoisotopic (exact) mass is 164 g/mol. The van der Waals surface area contributed by atoms with Crippen LogP contribution in [0.2, 0.25) is 0 Å². The molecule has 0 spiro atoms. The fourth-order valence-electron chi connectivity index (χ4n) is 1.24. The number of carbonyl (C=O) groups excluding carboxylic acids is 1. The van der Waals surface area contributed by atoms with E-state index in [0.717, 1.165) is 6.42 Å². The average Bonchev–Trinajstić information content (AvgIpc) is 1.88. The third-order valence-electron chi connectivity index (χ3n) is 1.93. The van der Waals surface area contributed by atoms with Crippen LogP contribution in [0.4, 0.5) is 4.39 Å². The highest BCUT2D eigenvalue weighted by atomic mass is 35.5. The minimum absolute atomic E-state index is 0.0637. The topological polar surface area (TPSA) is 17.1 Å².